The third-order valence-electron chi connectivity index (χ3n) is 4.72. The first kappa shape index (κ1) is 23.3. The molecule has 31 heavy (non-hydrogen) atoms. The molecule has 0 aromatic heterocycles. The Labute approximate surface area is 192 Å². The molecule has 3 rings (SSSR count). The summed E-state index contributed by atoms with van der Waals surface area (Å²) in [7, 11) is 1.12. The Morgan fingerprint density at radius 2 is 1.81 bits per heavy atom. The first-order valence-electron chi connectivity index (χ1n) is 8.75. The summed E-state index contributed by atoms with van der Waals surface area (Å²) in [6, 6.07) is 8.65. The predicted octanol–water partition coefficient (Wildman–Crippen LogP) is 5.60. The van der Waals surface area contributed by atoms with Crippen molar-refractivity contribution < 1.29 is 32.3 Å². The van der Waals surface area contributed by atoms with Crippen LogP contribution in [0.5, 0.6) is 0 Å². The molecule has 2 amide bonds. The third kappa shape index (κ3) is 4.62. The predicted molar refractivity (Wildman–Crippen MR) is 113 cm³/mol. The van der Waals surface area contributed by atoms with E-state index < -0.39 is 30.2 Å². The fourth-order valence-electron chi connectivity index (χ4n) is 3.15. The Balaban J connectivity index is 1.93. The van der Waals surface area contributed by atoms with Gasteiger partial charge in [-0.15, -0.1) is 0 Å². The van der Waals surface area contributed by atoms with Crippen LogP contribution in [0.2, 0.25) is 0 Å². The second-order valence-electron chi connectivity index (χ2n) is 6.76. The molecule has 1 unspecified atom stereocenters. The van der Waals surface area contributed by atoms with E-state index in [-0.39, 0.29) is 16.8 Å². The lowest BCUT2D eigenvalue weighted by Crippen LogP contribution is -2.42. The van der Waals surface area contributed by atoms with E-state index in [4.69, 9.17) is 4.84 Å². The average molecular weight is 564 g/mol. The summed E-state index contributed by atoms with van der Waals surface area (Å²) in [6.07, 6.45) is -6.21. The Morgan fingerprint density at radius 3 is 2.35 bits per heavy atom. The van der Waals surface area contributed by atoms with E-state index in [1.54, 1.807) is 13.0 Å². The summed E-state index contributed by atoms with van der Waals surface area (Å²) < 4.78 is 47.7. The van der Waals surface area contributed by atoms with E-state index in [0.29, 0.717) is 20.1 Å². The molecule has 0 radical (unpaired) electrons. The molecule has 0 aliphatic carbocycles. The first-order chi connectivity index (χ1) is 14.5. The molecule has 0 saturated heterocycles. The smallest absolute Gasteiger partial charge is 0.435 e. The highest BCUT2D eigenvalue weighted by atomic mass is 79.9. The molecule has 0 bridgehead atoms. The highest BCUT2D eigenvalue weighted by Gasteiger charge is 2.62. The van der Waals surface area contributed by atoms with Crippen LogP contribution in [0.15, 0.2) is 50.5 Å². The van der Waals surface area contributed by atoms with Gasteiger partial charge in [0, 0.05) is 26.5 Å². The maximum Gasteiger partial charge on any atom is 0.435 e. The zero-order chi connectivity index (χ0) is 23.0. The number of nitrogens with one attached hydrogen (secondary N) is 1. The quantitative estimate of drug-likeness (QED) is 0.527. The van der Waals surface area contributed by atoms with Gasteiger partial charge >= 0.3 is 12.3 Å². The fourth-order valence-corrected chi connectivity index (χ4v) is 4.45. The van der Waals surface area contributed by atoms with Gasteiger partial charge in [0.25, 0.3) is 11.5 Å². The Bertz CT molecular complexity index is 1070. The van der Waals surface area contributed by atoms with Gasteiger partial charge in [-0.05, 0) is 48.4 Å². The number of benzene rings is 2. The number of ether oxygens (including phenoxy) is 1. The molecule has 0 fully saturated rings. The highest BCUT2D eigenvalue weighted by molar-refractivity contribution is 9.11. The molecule has 1 aliphatic heterocycles. The van der Waals surface area contributed by atoms with Crippen molar-refractivity contribution >= 4 is 49.6 Å². The summed E-state index contributed by atoms with van der Waals surface area (Å²) in [4.78, 5) is 28.4. The number of carbonyl (C=O) groups excluding carboxylic acids is 2. The van der Waals surface area contributed by atoms with Crippen LogP contribution in [0.4, 0.5) is 18.0 Å². The van der Waals surface area contributed by atoms with Crippen LogP contribution < -0.4 is 5.32 Å². The number of halogens is 5. The lowest BCUT2D eigenvalue weighted by Gasteiger charge is -2.29. The molecule has 0 saturated carbocycles. The van der Waals surface area contributed by atoms with E-state index in [1.807, 2.05) is 5.32 Å². The number of alkyl halides is 3. The maximum absolute atomic E-state index is 14.1. The first-order valence-corrected chi connectivity index (χ1v) is 10.3. The Hall–Kier alpha value is -2.40. The van der Waals surface area contributed by atoms with Crippen LogP contribution in [0.3, 0.4) is 0 Å². The minimum atomic E-state index is -4.74. The van der Waals surface area contributed by atoms with Crippen molar-refractivity contribution in [2.75, 3.05) is 7.11 Å². The van der Waals surface area contributed by atoms with E-state index in [2.05, 4.69) is 41.8 Å². The van der Waals surface area contributed by atoms with Gasteiger partial charge in [-0.2, -0.15) is 13.2 Å². The second kappa shape index (κ2) is 8.62. The van der Waals surface area contributed by atoms with Gasteiger partial charge in [-0.1, -0.05) is 43.1 Å². The fraction of sp³-hybridized carbons (Fsp3) is 0.250. The molecule has 6 nitrogen and oxygen atoms in total. The van der Waals surface area contributed by atoms with Crippen molar-refractivity contribution in [3.8, 4) is 0 Å². The molecular formula is C20H15Br2F3N2O4. The number of alkyl carbamates (subject to hydrolysis) is 1. The highest BCUT2D eigenvalue weighted by Crippen LogP contribution is 2.49. The zero-order valence-electron chi connectivity index (χ0n) is 16.1. The number of methoxy groups -OCH3 is 1. The largest absolute Gasteiger partial charge is 0.453 e. The standard InChI is InChI=1S/C20H15Br2F3N2O4/c1-10-5-11(3-4-15(10)17(28)26-18(29)30-2)16-9-19(31-27-16,20(23,24)25)12-6-13(21)8-14(22)7-12/h3-8H,9H2,1-2H3,(H,26,28,29). The minimum Gasteiger partial charge on any atom is -0.453 e. The molecule has 164 valence electrons. The lowest BCUT2D eigenvalue weighted by atomic mass is 9.86. The molecule has 1 aliphatic rings. The lowest BCUT2D eigenvalue weighted by molar-refractivity contribution is -0.275. The number of hydrogen-bond donors (Lipinski definition) is 1. The molecule has 2 aromatic carbocycles. The molecule has 2 aromatic rings. The van der Waals surface area contributed by atoms with E-state index >= 15 is 0 Å². The van der Waals surface area contributed by atoms with Crippen LogP contribution in [0, 0.1) is 6.92 Å². The van der Waals surface area contributed by atoms with E-state index in [1.165, 1.54) is 30.3 Å². The number of oxime groups is 1. The van der Waals surface area contributed by atoms with Crippen molar-refractivity contribution in [2.24, 2.45) is 5.16 Å². The number of carbonyl (C=O) groups is 2. The van der Waals surface area contributed by atoms with Crippen LogP contribution in [0.1, 0.15) is 33.5 Å². The topological polar surface area (TPSA) is 77.0 Å². The van der Waals surface area contributed by atoms with Gasteiger partial charge in [-0.25, -0.2) is 4.79 Å². The van der Waals surface area contributed by atoms with Gasteiger partial charge in [-0.3, -0.25) is 10.1 Å². The maximum atomic E-state index is 14.1. The number of imide groups is 1. The Kier molecular flexibility index (Phi) is 6.47. The van der Waals surface area contributed by atoms with Crippen LogP contribution in [-0.2, 0) is 15.2 Å². The molecular weight excluding hydrogens is 549 g/mol. The van der Waals surface area contributed by atoms with Crippen molar-refractivity contribution in [1.82, 2.24) is 5.32 Å². The van der Waals surface area contributed by atoms with Crippen LogP contribution in [-0.4, -0.2) is 31.0 Å². The van der Waals surface area contributed by atoms with Crippen LogP contribution >= 0.6 is 31.9 Å². The van der Waals surface area contributed by atoms with Gasteiger partial charge in [0.2, 0.25) is 0 Å². The van der Waals surface area contributed by atoms with Crippen molar-refractivity contribution in [2.45, 2.75) is 25.1 Å². The molecule has 1 atom stereocenters. The number of amides is 2. The summed E-state index contributed by atoms with van der Waals surface area (Å²) in [5, 5.41) is 5.76. The summed E-state index contributed by atoms with van der Waals surface area (Å²) in [5.74, 6) is -0.691. The van der Waals surface area contributed by atoms with E-state index in [9.17, 15) is 22.8 Å². The van der Waals surface area contributed by atoms with Gasteiger partial charge < -0.3 is 9.57 Å². The second-order valence-corrected chi connectivity index (χ2v) is 8.60. The van der Waals surface area contributed by atoms with Gasteiger partial charge in [0.05, 0.1) is 12.8 Å². The SMILES string of the molecule is COC(=O)NC(=O)c1ccc(C2=NOC(c3cc(Br)cc(Br)c3)(C(F)(F)F)C2)cc1C. The van der Waals surface area contributed by atoms with Crippen molar-refractivity contribution in [3.05, 3.63) is 67.6 Å². The zero-order valence-corrected chi connectivity index (χ0v) is 19.3. The normalized spacial score (nSPS) is 18.2. The minimum absolute atomic E-state index is 0.0800. The van der Waals surface area contributed by atoms with Crippen LogP contribution in [0.25, 0.3) is 0 Å². The summed E-state index contributed by atoms with van der Waals surface area (Å²) >= 11 is 6.41. The summed E-state index contributed by atoms with van der Waals surface area (Å²) in [5.41, 5.74) is -1.69. The van der Waals surface area contributed by atoms with Crippen molar-refractivity contribution in [3.63, 3.8) is 0 Å². The number of rotatable bonds is 3. The van der Waals surface area contributed by atoms with Crippen molar-refractivity contribution in [1.29, 1.82) is 0 Å². The number of nitrogens with zero attached hydrogens (tertiary/aromatic N) is 1. The average Bonchev–Trinajstić information content (AvgIpc) is 3.13. The molecule has 1 heterocycles. The monoisotopic (exact) mass is 562 g/mol. The van der Waals surface area contributed by atoms with Gasteiger partial charge in [0.1, 0.15) is 0 Å². The van der Waals surface area contributed by atoms with Gasteiger partial charge in [0.15, 0.2) is 0 Å². The number of aryl methyl sites for hydroxylation is 1. The third-order valence-corrected chi connectivity index (χ3v) is 5.64. The van der Waals surface area contributed by atoms with E-state index in [0.717, 1.165) is 7.11 Å². The molecule has 11 heteroatoms. The summed E-state index contributed by atoms with van der Waals surface area (Å²) in [6.45, 7) is 1.59. The molecule has 1 N–H and O–H groups in total. The molecule has 0 spiro atoms. The Morgan fingerprint density at radius 1 is 1.16 bits per heavy atom. The number of hydrogen-bond acceptors (Lipinski definition) is 5.